The van der Waals surface area contributed by atoms with E-state index in [-0.39, 0.29) is 6.61 Å². The molecule has 3 nitrogen and oxygen atoms in total. The molecule has 2 atom stereocenters. The summed E-state index contributed by atoms with van der Waals surface area (Å²) in [6.07, 6.45) is 1.22. The Morgan fingerprint density at radius 2 is 2.31 bits per heavy atom. The van der Waals surface area contributed by atoms with Gasteiger partial charge < -0.3 is 15.3 Å². The molecule has 1 rings (SSSR count). The summed E-state index contributed by atoms with van der Waals surface area (Å²) in [7, 11) is 0. The Bertz CT molecular complexity index is 141. The number of piperidine rings is 1. The maximum Gasteiger partial charge on any atom is 0.0556 e. The summed E-state index contributed by atoms with van der Waals surface area (Å²) in [4.78, 5) is 2.49. The number of aliphatic hydroxyl groups excluding tert-OH is 1. The zero-order valence-electron chi connectivity index (χ0n) is 8.79. The van der Waals surface area contributed by atoms with Crippen LogP contribution in [-0.4, -0.2) is 48.8 Å². The molecular formula is C10H22N2O. The van der Waals surface area contributed by atoms with Gasteiger partial charge in [0.15, 0.2) is 0 Å². The summed E-state index contributed by atoms with van der Waals surface area (Å²) in [5, 5.41) is 12.1. The van der Waals surface area contributed by atoms with E-state index in [4.69, 9.17) is 5.11 Å². The molecule has 2 unspecified atom stereocenters. The second kappa shape index (κ2) is 5.58. The van der Waals surface area contributed by atoms with Crippen molar-refractivity contribution in [2.45, 2.75) is 26.3 Å². The molecule has 1 fully saturated rings. The molecule has 3 heteroatoms. The van der Waals surface area contributed by atoms with Crippen LogP contribution < -0.4 is 5.32 Å². The van der Waals surface area contributed by atoms with Crippen molar-refractivity contribution in [3.05, 3.63) is 0 Å². The number of likely N-dealkylation sites (tertiary alicyclic amines) is 1. The molecule has 0 amide bonds. The molecule has 0 aliphatic carbocycles. The minimum atomic E-state index is 0.251. The number of aliphatic hydroxyl groups is 1. The Hall–Kier alpha value is -0.120. The SMILES string of the molecule is CCN1CCC(NCCO)C(C)C1. The van der Waals surface area contributed by atoms with Gasteiger partial charge in [-0.3, -0.25) is 0 Å². The molecular weight excluding hydrogens is 164 g/mol. The Morgan fingerprint density at radius 1 is 1.54 bits per heavy atom. The lowest BCUT2D eigenvalue weighted by atomic mass is 9.94. The first kappa shape index (κ1) is 11.0. The Kier molecular flexibility index (Phi) is 4.70. The van der Waals surface area contributed by atoms with Crippen molar-refractivity contribution in [2.75, 3.05) is 32.8 Å². The first-order valence-corrected chi connectivity index (χ1v) is 5.34. The van der Waals surface area contributed by atoms with Crippen LogP contribution in [0.4, 0.5) is 0 Å². The third-order valence-electron chi connectivity index (χ3n) is 2.95. The van der Waals surface area contributed by atoms with Crippen molar-refractivity contribution in [3.63, 3.8) is 0 Å². The van der Waals surface area contributed by atoms with E-state index in [1.54, 1.807) is 0 Å². The number of nitrogens with one attached hydrogen (secondary N) is 1. The minimum absolute atomic E-state index is 0.251. The van der Waals surface area contributed by atoms with Gasteiger partial charge in [-0.1, -0.05) is 13.8 Å². The lowest BCUT2D eigenvalue weighted by molar-refractivity contribution is 0.148. The monoisotopic (exact) mass is 186 g/mol. The fourth-order valence-corrected chi connectivity index (χ4v) is 2.07. The van der Waals surface area contributed by atoms with E-state index < -0.39 is 0 Å². The highest BCUT2D eigenvalue weighted by Crippen LogP contribution is 2.15. The van der Waals surface area contributed by atoms with Gasteiger partial charge in [0.05, 0.1) is 6.61 Å². The van der Waals surface area contributed by atoms with Crippen molar-refractivity contribution in [1.29, 1.82) is 0 Å². The van der Waals surface area contributed by atoms with Crippen LogP contribution >= 0.6 is 0 Å². The Morgan fingerprint density at radius 3 is 2.85 bits per heavy atom. The van der Waals surface area contributed by atoms with E-state index >= 15 is 0 Å². The molecule has 78 valence electrons. The van der Waals surface area contributed by atoms with E-state index in [0.717, 1.165) is 13.1 Å². The van der Waals surface area contributed by atoms with Crippen molar-refractivity contribution in [1.82, 2.24) is 10.2 Å². The molecule has 13 heavy (non-hydrogen) atoms. The van der Waals surface area contributed by atoms with Crippen molar-refractivity contribution < 1.29 is 5.11 Å². The maximum atomic E-state index is 8.71. The lowest BCUT2D eigenvalue weighted by Crippen LogP contribution is -2.48. The minimum Gasteiger partial charge on any atom is -0.395 e. The van der Waals surface area contributed by atoms with Crippen LogP contribution in [0.5, 0.6) is 0 Å². The summed E-state index contributed by atoms with van der Waals surface area (Å²) in [6.45, 7) is 9.05. The van der Waals surface area contributed by atoms with E-state index in [1.165, 1.54) is 19.5 Å². The van der Waals surface area contributed by atoms with Crippen LogP contribution in [0.2, 0.25) is 0 Å². The summed E-state index contributed by atoms with van der Waals surface area (Å²) in [5.74, 6) is 0.709. The van der Waals surface area contributed by atoms with Gasteiger partial charge in [-0.2, -0.15) is 0 Å². The van der Waals surface area contributed by atoms with Gasteiger partial charge >= 0.3 is 0 Å². The van der Waals surface area contributed by atoms with Gasteiger partial charge in [-0.15, -0.1) is 0 Å². The summed E-state index contributed by atoms with van der Waals surface area (Å²) >= 11 is 0. The molecule has 2 N–H and O–H groups in total. The summed E-state index contributed by atoms with van der Waals surface area (Å²) < 4.78 is 0. The highest BCUT2D eigenvalue weighted by atomic mass is 16.3. The largest absolute Gasteiger partial charge is 0.395 e. The molecule has 0 saturated carbocycles. The molecule has 0 spiro atoms. The third kappa shape index (κ3) is 3.25. The highest BCUT2D eigenvalue weighted by molar-refractivity contribution is 4.82. The maximum absolute atomic E-state index is 8.71. The Labute approximate surface area is 81.1 Å². The fraction of sp³-hybridized carbons (Fsp3) is 1.00. The zero-order valence-corrected chi connectivity index (χ0v) is 8.79. The molecule has 0 aromatic rings. The molecule has 1 heterocycles. The van der Waals surface area contributed by atoms with Gasteiger partial charge in [0.1, 0.15) is 0 Å². The highest BCUT2D eigenvalue weighted by Gasteiger charge is 2.24. The van der Waals surface area contributed by atoms with Crippen LogP contribution in [0.25, 0.3) is 0 Å². The summed E-state index contributed by atoms with van der Waals surface area (Å²) in [5.41, 5.74) is 0. The number of hydrogen-bond donors (Lipinski definition) is 2. The van der Waals surface area contributed by atoms with Gasteiger partial charge in [-0.25, -0.2) is 0 Å². The van der Waals surface area contributed by atoms with Crippen LogP contribution in [0.3, 0.4) is 0 Å². The summed E-state index contributed by atoms with van der Waals surface area (Å²) in [6, 6.07) is 0.606. The first-order chi connectivity index (χ1) is 6.27. The predicted molar refractivity (Wildman–Crippen MR) is 54.8 cm³/mol. The van der Waals surface area contributed by atoms with E-state index in [0.29, 0.717) is 12.0 Å². The van der Waals surface area contributed by atoms with E-state index in [9.17, 15) is 0 Å². The number of hydrogen-bond acceptors (Lipinski definition) is 3. The second-order valence-corrected chi connectivity index (χ2v) is 3.94. The molecule has 1 aliphatic heterocycles. The molecule has 0 bridgehead atoms. The van der Waals surface area contributed by atoms with Gasteiger partial charge in [-0.05, 0) is 25.4 Å². The van der Waals surface area contributed by atoms with Crippen molar-refractivity contribution in [3.8, 4) is 0 Å². The molecule has 1 aliphatic rings. The van der Waals surface area contributed by atoms with Crippen LogP contribution in [0, 0.1) is 5.92 Å². The van der Waals surface area contributed by atoms with Crippen molar-refractivity contribution in [2.24, 2.45) is 5.92 Å². The number of rotatable bonds is 4. The van der Waals surface area contributed by atoms with Gasteiger partial charge in [0.25, 0.3) is 0 Å². The van der Waals surface area contributed by atoms with Gasteiger partial charge in [0.2, 0.25) is 0 Å². The van der Waals surface area contributed by atoms with Crippen LogP contribution in [-0.2, 0) is 0 Å². The normalized spacial score (nSPS) is 30.7. The molecule has 0 aromatic carbocycles. The fourth-order valence-electron chi connectivity index (χ4n) is 2.07. The smallest absolute Gasteiger partial charge is 0.0556 e. The zero-order chi connectivity index (χ0) is 9.68. The third-order valence-corrected chi connectivity index (χ3v) is 2.95. The average molecular weight is 186 g/mol. The quantitative estimate of drug-likeness (QED) is 0.663. The predicted octanol–water partition coefficient (Wildman–Crippen LogP) is 0.299. The molecule has 1 saturated heterocycles. The standard InChI is InChI=1S/C10H22N2O/c1-3-12-6-4-10(9(2)8-12)11-5-7-13/h9-11,13H,3-8H2,1-2H3. The Balaban J connectivity index is 2.26. The van der Waals surface area contributed by atoms with Crippen molar-refractivity contribution >= 4 is 0 Å². The second-order valence-electron chi connectivity index (χ2n) is 3.94. The lowest BCUT2D eigenvalue weighted by Gasteiger charge is -2.36. The molecule has 0 aromatic heterocycles. The average Bonchev–Trinajstić information content (AvgIpc) is 2.16. The van der Waals surface area contributed by atoms with E-state index in [2.05, 4.69) is 24.1 Å². The van der Waals surface area contributed by atoms with Gasteiger partial charge in [0, 0.05) is 19.1 Å². The topological polar surface area (TPSA) is 35.5 Å². The van der Waals surface area contributed by atoms with E-state index in [1.807, 2.05) is 0 Å². The van der Waals surface area contributed by atoms with Crippen LogP contribution in [0.15, 0.2) is 0 Å². The number of nitrogens with zero attached hydrogens (tertiary/aromatic N) is 1. The molecule has 0 radical (unpaired) electrons. The first-order valence-electron chi connectivity index (χ1n) is 5.34. The van der Waals surface area contributed by atoms with Crippen LogP contribution in [0.1, 0.15) is 20.3 Å².